The second kappa shape index (κ2) is 8.22. The molecule has 1 aliphatic carbocycles. The van der Waals surface area contributed by atoms with Crippen molar-refractivity contribution in [1.29, 1.82) is 0 Å². The summed E-state index contributed by atoms with van der Waals surface area (Å²) in [5.74, 6) is -0.734. The molecule has 2 atom stereocenters. The number of urea groups is 1. The highest BCUT2D eigenvalue weighted by Gasteiger charge is 2.31. The number of hydrogen-bond donors (Lipinski definition) is 3. The summed E-state index contributed by atoms with van der Waals surface area (Å²) in [4.78, 5) is 25.3. The number of nitrogens with one attached hydrogen (secondary N) is 1. The number of nitrogens with zero attached hydrogens (tertiary/aromatic N) is 1. The molecule has 21 heavy (non-hydrogen) atoms. The van der Waals surface area contributed by atoms with Gasteiger partial charge in [-0.25, -0.2) is 9.59 Å². The fourth-order valence-corrected chi connectivity index (χ4v) is 2.67. The summed E-state index contributed by atoms with van der Waals surface area (Å²) in [6.45, 7) is 6.19. The molecule has 0 aromatic rings. The second-order valence-corrected chi connectivity index (χ2v) is 6.32. The molecule has 6 heteroatoms. The van der Waals surface area contributed by atoms with Gasteiger partial charge in [0.2, 0.25) is 0 Å². The zero-order valence-electron chi connectivity index (χ0n) is 13.2. The van der Waals surface area contributed by atoms with Gasteiger partial charge in [0, 0.05) is 12.6 Å². The third-order valence-electron chi connectivity index (χ3n) is 4.00. The van der Waals surface area contributed by atoms with Crippen molar-refractivity contribution in [2.45, 2.75) is 71.1 Å². The van der Waals surface area contributed by atoms with Crippen molar-refractivity contribution in [3.8, 4) is 0 Å². The Kier molecular flexibility index (Phi) is 6.95. The fraction of sp³-hybridized carbons (Fsp3) is 0.867. The Bertz CT molecular complexity index is 352. The predicted molar refractivity (Wildman–Crippen MR) is 80.1 cm³/mol. The van der Waals surface area contributed by atoms with Crippen LogP contribution in [0, 0.1) is 5.92 Å². The molecule has 0 unspecified atom stereocenters. The number of carboxylic acid groups (broad SMARTS) is 1. The number of aliphatic carboxylic acids is 1. The first-order chi connectivity index (χ1) is 9.82. The molecular formula is C15H28N2O4. The molecular weight excluding hydrogens is 272 g/mol. The summed E-state index contributed by atoms with van der Waals surface area (Å²) in [6, 6.07) is -1.46. The maximum absolute atomic E-state index is 12.4. The van der Waals surface area contributed by atoms with Crippen LogP contribution >= 0.6 is 0 Å². The monoisotopic (exact) mass is 300 g/mol. The molecule has 0 aliphatic heterocycles. The number of carbonyl (C=O) groups is 2. The van der Waals surface area contributed by atoms with Crippen LogP contribution in [-0.2, 0) is 4.79 Å². The topological polar surface area (TPSA) is 89.9 Å². The van der Waals surface area contributed by atoms with Crippen molar-refractivity contribution >= 4 is 12.0 Å². The number of rotatable bonds is 7. The predicted octanol–water partition coefficient (Wildman–Crippen LogP) is 1.82. The van der Waals surface area contributed by atoms with E-state index in [-0.39, 0.29) is 12.1 Å². The number of carboxylic acids is 1. The maximum Gasteiger partial charge on any atom is 0.328 e. The third kappa shape index (κ3) is 5.53. The van der Waals surface area contributed by atoms with E-state index in [0.717, 1.165) is 32.1 Å². The van der Waals surface area contributed by atoms with Gasteiger partial charge < -0.3 is 20.4 Å². The molecule has 2 amide bonds. The first-order valence-corrected chi connectivity index (χ1v) is 7.81. The summed E-state index contributed by atoms with van der Waals surface area (Å²) in [6.07, 6.45) is 3.91. The largest absolute Gasteiger partial charge is 0.480 e. The summed E-state index contributed by atoms with van der Waals surface area (Å²) in [7, 11) is 0. The van der Waals surface area contributed by atoms with Crippen molar-refractivity contribution in [3.63, 3.8) is 0 Å². The zero-order valence-corrected chi connectivity index (χ0v) is 13.2. The highest BCUT2D eigenvalue weighted by Crippen LogP contribution is 2.24. The van der Waals surface area contributed by atoms with E-state index in [1.165, 1.54) is 6.92 Å². The van der Waals surface area contributed by atoms with Gasteiger partial charge in [0.05, 0.1) is 6.10 Å². The Morgan fingerprint density at radius 3 is 2.24 bits per heavy atom. The van der Waals surface area contributed by atoms with Crippen LogP contribution in [0.1, 0.15) is 52.9 Å². The van der Waals surface area contributed by atoms with Crippen molar-refractivity contribution in [2.24, 2.45) is 5.92 Å². The molecule has 0 bridgehead atoms. The summed E-state index contributed by atoms with van der Waals surface area (Å²) in [5.41, 5.74) is 0. The third-order valence-corrected chi connectivity index (χ3v) is 4.00. The Balaban J connectivity index is 2.71. The quantitative estimate of drug-likeness (QED) is 0.669. The van der Waals surface area contributed by atoms with Gasteiger partial charge >= 0.3 is 12.0 Å². The summed E-state index contributed by atoms with van der Waals surface area (Å²) >= 11 is 0. The van der Waals surface area contributed by atoms with Crippen molar-refractivity contribution in [3.05, 3.63) is 0 Å². The van der Waals surface area contributed by atoms with Crippen LogP contribution in [0.15, 0.2) is 0 Å². The Hall–Kier alpha value is -1.30. The minimum absolute atomic E-state index is 0.187. The number of carbonyl (C=O) groups excluding carboxylic acids is 1. The zero-order chi connectivity index (χ0) is 16.0. The van der Waals surface area contributed by atoms with Gasteiger partial charge in [-0.2, -0.15) is 0 Å². The number of aliphatic hydroxyl groups is 1. The summed E-state index contributed by atoms with van der Waals surface area (Å²) in [5, 5.41) is 21.0. The van der Waals surface area contributed by atoms with Crippen LogP contribution in [-0.4, -0.2) is 51.8 Å². The van der Waals surface area contributed by atoms with Crippen LogP contribution in [0.25, 0.3) is 0 Å². The van der Waals surface area contributed by atoms with E-state index >= 15 is 0 Å². The average Bonchev–Trinajstić information content (AvgIpc) is 2.88. The van der Waals surface area contributed by atoms with Gasteiger partial charge in [-0.15, -0.1) is 0 Å². The molecule has 0 aromatic carbocycles. The molecule has 0 aromatic heterocycles. The number of hydrogen-bond acceptors (Lipinski definition) is 3. The molecule has 0 saturated heterocycles. The molecule has 3 N–H and O–H groups in total. The maximum atomic E-state index is 12.4. The Morgan fingerprint density at radius 1 is 1.24 bits per heavy atom. The lowest BCUT2D eigenvalue weighted by molar-refractivity contribution is -0.141. The van der Waals surface area contributed by atoms with E-state index in [9.17, 15) is 14.7 Å². The minimum Gasteiger partial charge on any atom is -0.480 e. The van der Waals surface area contributed by atoms with Crippen LogP contribution in [0.5, 0.6) is 0 Å². The van der Waals surface area contributed by atoms with E-state index in [1.54, 1.807) is 4.90 Å². The van der Waals surface area contributed by atoms with E-state index in [0.29, 0.717) is 12.5 Å². The van der Waals surface area contributed by atoms with Gasteiger partial charge in [0.15, 0.2) is 6.04 Å². The Labute approximate surface area is 126 Å². The Morgan fingerprint density at radius 2 is 1.81 bits per heavy atom. The SMILES string of the molecule is CC(C)CCN(C(=O)N[C@H](C(=O)O)[C@@H](C)O)C1CCCC1. The van der Waals surface area contributed by atoms with Crippen LogP contribution < -0.4 is 5.32 Å². The van der Waals surface area contributed by atoms with Crippen molar-refractivity contribution in [2.75, 3.05) is 6.54 Å². The minimum atomic E-state index is -1.26. The standard InChI is InChI=1S/C15H28N2O4/c1-10(2)8-9-17(12-6-4-5-7-12)15(21)16-13(11(3)18)14(19)20/h10-13,18H,4-9H2,1-3H3,(H,16,21)(H,19,20)/t11-,13+/m1/s1. The normalized spacial score (nSPS) is 18.5. The highest BCUT2D eigenvalue weighted by molar-refractivity contribution is 5.83. The molecule has 0 heterocycles. The molecule has 0 spiro atoms. The first-order valence-electron chi connectivity index (χ1n) is 7.81. The van der Waals surface area contributed by atoms with E-state index < -0.39 is 18.1 Å². The van der Waals surface area contributed by atoms with Gasteiger partial charge in [-0.3, -0.25) is 0 Å². The van der Waals surface area contributed by atoms with Gasteiger partial charge in [0.1, 0.15) is 0 Å². The molecule has 0 radical (unpaired) electrons. The lowest BCUT2D eigenvalue weighted by Gasteiger charge is -2.31. The molecule has 1 fully saturated rings. The van der Waals surface area contributed by atoms with Crippen LogP contribution in [0.2, 0.25) is 0 Å². The summed E-state index contributed by atoms with van der Waals surface area (Å²) < 4.78 is 0. The molecule has 6 nitrogen and oxygen atoms in total. The molecule has 1 rings (SSSR count). The first kappa shape index (κ1) is 17.8. The van der Waals surface area contributed by atoms with E-state index in [1.807, 2.05) is 0 Å². The second-order valence-electron chi connectivity index (χ2n) is 6.32. The van der Waals surface area contributed by atoms with Crippen molar-refractivity contribution < 1.29 is 19.8 Å². The smallest absolute Gasteiger partial charge is 0.328 e. The highest BCUT2D eigenvalue weighted by atomic mass is 16.4. The van der Waals surface area contributed by atoms with E-state index in [2.05, 4.69) is 19.2 Å². The van der Waals surface area contributed by atoms with Gasteiger partial charge in [0.25, 0.3) is 0 Å². The van der Waals surface area contributed by atoms with Gasteiger partial charge in [-0.1, -0.05) is 26.7 Å². The molecule has 1 aliphatic rings. The molecule has 122 valence electrons. The fourth-order valence-electron chi connectivity index (χ4n) is 2.67. The number of aliphatic hydroxyl groups excluding tert-OH is 1. The lowest BCUT2D eigenvalue weighted by Crippen LogP contribution is -2.54. The number of amides is 2. The van der Waals surface area contributed by atoms with Crippen LogP contribution in [0.4, 0.5) is 4.79 Å². The van der Waals surface area contributed by atoms with E-state index in [4.69, 9.17) is 5.11 Å². The average molecular weight is 300 g/mol. The van der Waals surface area contributed by atoms with Crippen molar-refractivity contribution in [1.82, 2.24) is 10.2 Å². The lowest BCUT2D eigenvalue weighted by atomic mass is 10.1. The van der Waals surface area contributed by atoms with Gasteiger partial charge in [-0.05, 0) is 32.1 Å². The molecule has 1 saturated carbocycles. The van der Waals surface area contributed by atoms with Crippen LogP contribution in [0.3, 0.4) is 0 Å².